The van der Waals surface area contributed by atoms with Crippen LogP contribution >= 0.6 is 11.8 Å². The van der Waals surface area contributed by atoms with Gasteiger partial charge in [0.05, 0.1) is 6.61 Å². The summed E-state index contributed by atoms with van der Waals surface area (Å²) in [7, 11) is 0. The van der Waals surface area contributed by atoms with Gasteiger partial charge in [-0.3, -0.25) is 4.79 Å². The monoisotopic (exact) mass is 237 g/mol. The highest BCUT2D eigenvalue weighted by molar-refractivity contribution is 7.99. The molecule has 2 rings (SSSR count). The van der Waals surface area contributed by atoms with Crippen molar-refractivity contribution in [3.63, 3.8) is 0 Å². The van der Waals surface area contributed by atoms with Crippen LogP contribution in [-0.2, 0) is 6.61 Å². The number of hydrogen-bond donors (Lipinski definition) is 1. The van der Waals surface area contributed by atoms with Crippen LogP contribution in [0.4, 0.5) is 0 Å². The van der Waals surface area contributed by atoms with E-state index in [1.165, 1.54) is 0 Å². The lowest BCUT2D eigenvalue weighted by molar-refractivity contribution is 0.0769. The first-order valence-corrected chi connectivity index (χ1v) is 6.54. The van der Waals surface area contributed by atoms with Crippen molar-refractivity contribution in [2.45, 2.75) is 6.61 Å². The first-order valence-electron chi connectivity index (χ1n) is 5.38. The molecule has 1 fully saturated rings. The zero-order chi connectivity index (χ0) is 11.4. The van der Waals surface area contributed by atoms with Gasteiger partial charge in [-0.05, 0) is 11.6 Å². The van der Waals surface area contributed by atoms with Crippen LogP contribution in [0.3, 0.4) is 0 Å². The number of aliphatic hydroxyl groups excluding tert-OH is 1. The van der Waals surface area contributed by atoms with Crippen LogP contribution < -0.4 is 0 Å². The van der Waals surface area contributed by atoms with Crippen LogP contribution in [0.25, 0.3) is 0 Å². The second-order valence-electron chi connectivity index (χ2n) is 3.72. The van der Waals surface area contributed by atoms with Gasteiger partial charge in [0.15, 0.2) is 0 Å². The molecule has 0 spiro atoms. The maximum atomic E-state index is 12.2. The Morgan fingerprint density at radius 3 is 2.69 bits per heavy atom. The van der Waals surface area contributed by atoms with E-state index in [0.29, 0.717) is 11.1 Å². The second-order valence-corrected chi connectivity index (χ2v) is 4.94. The van der Waals surface area contributed by atoms with E-state index >= 15 is 0 Å². The first-order chi connectivity index (χ1) is 7.83. The van der Waals surface area contributed by atoms with Crippen LogP contribution in [0.15, 0.2) is 24.3 Å². The van der Waals surface area contributed by atoms with Crippen molar-refractivity contribution >= 4 is 17.7 Å². The van der Waals surface area contributed by atoms with Gasteiger partial charge >= 0.3 is 0 Å². The fourth-order valence-corrected chi connectivity index (χ4v) is 2.71. The van der Waals surface area contributed by atoms with Gasteiger partial charge in [-0.1, -0.05) is 18.2 Å². The van der Waals surface area contributed by atoms with Crippen LogP contribution in [-0.4, -0.2) is 40.5 Å². The molecule has 3 nitrogen and oxygen atoms in total. The minimum Gasteiger partial charge on any atom is -0.392 e. The summed E-state index contributed by atoms with van der Waals surface area (Å²) < 4.78 is 0. The summed E-state index contributed by atoms with van der Waals surface area (Å²) in [6.07, 6.45) is 0. The number of nitrogens with zero attached hydrogens (tertiary/aromatic N) is 1. The normalized spacial score (nSPS) is 16.2. The van der Waals surface area contributed by atoms with Crippen molar-refractivity contribution in [1.82, 2.24) is 4.90 Å². The summed E-state index contributed by atoms with van der Waals surface area (Å²) in [6.45, 7) is 1.54. The third kappa shape index (κ3) is 2.39. The minimum atomic E-state index is -0.0789. The van der Waals surface area contributed by atoms with E-state index in [9.17, 15) is 9.90 Å². The molecule has 0 radical (unpaired) electrons. The highest BCUT2D eigenvalue weighted by atomic mass is 32.2. The Labute approximate surface area is 99.5 Å². The van der Waals surface area contributed by atoms with Crippen LogP contribution in [0.1, 0.15) is 15.9 Å². The van der Waals surface area contributed by atoms with Crippen LogP contribution in [0, 0.1) is 0 Å². The van der Waals surface area contributed by atoms with Crippen LogP contribution in [0.5, 0.6) is 0 Å². The van der Waals surface area contributed by atoms with Crippen molar-refractivity contribution in [2.24, 2.45) is 0 Å². The molecule has 0 bridgehead atoms. The molecular weight excluding hydrogens is 222 g/mol. The third-order valence-corrected chi connectivity index (χ3v) is 3.66. The molecule has 1 saturated heterocycles. The fourth-order valence-electron chi connectivity index (χ4n) is 1.80. The number of hydrogen-bond acceptors (Lipinski definition) is 3. The molecule has 16 heavy (non-hydrogen) atoms. The molecule has 86 valence electrons. The Morgan fingerprint density at radius 2 is 2.00 bits per heavy atom. The standard InChI is InChI=1S/C12H15NO2S/c14-9-10-3-1-2-4-11(10)12(15)13-5-7-16-8-6-13/h1-4,14H,5-9H2. The van der Waals surface area contributed by atoms with Gasteiger partial charge in [0.1, 0.15) is 0 Å². The Kier molecular flexibility index (Phi) is 3.85. The molecule has 1 aromatic carbocycles. The number of amides is 1. The first kappa shape index (κ1) is 11.5. The van der Waals surface area contributed by atoms with E-state index < -0.39 is 0 Å². The van der Waals surface area contributed by atoms with E-state index in [0.717, 1.165) is 24.6 Å². The molecule has 0 atom stereocenters. The lowest BCUT2D eigenvalue weighted by Gasteiger charge is -2.27. The highest BCUT2D eigenvalue weighted by Crippen LogP contribution is 2.16. The van der Waals surface area contributed by atoms with Gasteiger partial charge < -0.3 is 10.0 Å². The lowest BCUT2D eigenvalue weighted by Crippen LogP contribution is -2.38. The number of thioether (sulfide) groups is 1. The predicted octanol–water partition coefficient (Wildman–Crippen LogP) is 1.37. The fraction of sp³-hybridized carbons (Fsp3) is 0.417. The van der Waals surface area contributed by atoms with Gasteiger partial charge in [-0.25, -0.2) is 0 Å². The maximum Gasteiger partial charge on any atom is 0.254 e. The molecule has 0 saturated carbocycles. The Hall–Kier alpha value is -1.00. The molecule has 0 unspecified atom stereocenters. The summed E-state index contributed by atoms with van der Waals surface area (Å²) in [5.74, 6) is 2.06. The summed E-state index contributed by atoms with van der Waals surface area (Å²) in [6, 6.07) is 7.26. The molecule has 0 aliphatic carbocycles. The topological polar surface area (TPSA) is 40.5 Å². The maximum absolute atomic E-state index is 12.2. The average molecular weight is 237 g/mol. The van der Waals surface area contributed by atoms with Crippen LogP contribution in [0.2, 0.25) is 0 Å². The van der Waals surface area contributed by atoms with Crippen molar-refractivity contribution in [2.75, 3.05) is 24.6 Å². The summed E-state index contributed by atoms with van der Waals surface area (Å²) in [5, 5.41) is 9.19. The van der Waals surface area contributed by atoms with E-state index in [4.69, 9.17) is 0 Å². The van der Waals surface area contributed by atoms with Crippen molar-refractivity contribution in [1.29, 1.82) is 0 Å². The molecule has 4 heteroatoms. The quantitative estimate of drug-likeness (QED) is 0.844. The Morgan fingerprint density at radius 1 is 1.31 bits per heavy atom. The van der Waals surface area contributed by atoms with Gasteiger partial charge in [-0.2, -0.15) is 11.8 Å². The van der Waals surface area contributed by atoms with Gasteiger partial charge in [-0.15, -0.1) is 0 Å². The smallest absolute Gasteiger partial charge is 0.254 e. The number of benzene rings is 1. The van der Waals surface area contributed by atoms with Gasteiger partial charge in [0.25, 0.3) is 5.91 Å². The molecule has 1 aliphatic heterocycles. The molecule has 1 amide bonds. The molecule has 1 heterocycles. The highest BCUT2D eigenvalue weighted by Gasteiger charge is 2.19. The molecular formula is C12H15NO2S. The largest absolute Gasteiger partial charge is 0.392 e. The predicted molar refractivity (Wildman–Crippen MR) is 65.6 cm³/mol. The van der Waals surface area contributed by atoms with Gasteiger partial charge in [0, 0.05) is 30.2 Å². The van der Waals surface area contributed by atoms with Crippen molar-refractivity contribution in [3.05, 3.63) is 35.4 Å². The van der Waals surface area contributed by atoms with Gasteiger partial charge in [0.2, 0.25) is 0 Å². The van der Waals surface area contributed by atoms with E-state index in [2.05, 4.69) is 0 Å². The SMILES string of the molecule is O=C(c1ccccc1CO)N1CCSCC1. The molecule has 0 aromatic heterocycles. The number of carbonyl (C=O) groups excluding carboxylic acids is 1. The van der Waals surface area contributed by atoms with E-state index in [1.54, 1.807) is 12.1 Å². The molecule has 1 N–H and O–H groups in total. The number of carbonyl (C=O) groups is 1. The Bertz CT molecular complexity index is 375. The summed E-state index contributed by atoms with van der Waals surface area (Å²) in [5.41, 5.74) is 1.35. The second kappa shape index (κ2) is 5.37. The summed E-state index contributed by atoms with van der Waals surface area (Å²) >= 11 is 1.88. The van der Waals surface area contributed by atoms with E-state index in [-0.39, 0.29) is 12.5 Å². The van der Waals surface area contributed by atoms with Crippen molar-refractivity contribution in [3.8, 4) is 0 Å². The third-order valence-electron chi connectivity index (χ3n) is 2.72. The summed E-state index contributed by atoms with van der Waals surface area (Å²) in [4.78, 5) is 14.1. The molecule has 1 aliphatic rings. The minimum absolute atomic E-state index is 0.0463. The Balaban J connectivity index is 2.19. The average Bonchev–Trinajstić information content (AvgIpc) is 2.39. The lowest BCUT2D eigenvalue weighted by atomic mass is 10.1. The molecule has 1 aromatic rings. The number of aliphatic hydroxyl groups is 1. The zero-order valence-corrected chi connectivity index (χ0v) is 9.87. The number of rotatable bonds is 2. The van der Waals surface area contributed by atoms with Crippen molar-refractivity contribution < 1.29 is 9.90 Å². The zero-order valence-electron chi connectivity index (χ0n) is 9.06. The van der Waals surface area contributed by atoms with E-state index in [1.807, 2.05) is 28.8 Å².